The smallest absolute Gasteiger partial charge is 0.101 e. The third kappa shape index (κ3) is 2.26. The Labute approximate surface area is 78.6 Å². The predicted molar refractivity (Wildman–Crippen MR) is 52.1 cm³/mol. The number of pyridine rings is 1. The minimum absolute atomic E-state index is 0.412. The van der Waals surface area contributed by atoms with Gasteiger partial charge in [-0.15, -0.1) is 0 Å². The summed E-state index contributed by atoms with van der Waals surface area (Å²) in [7, 11) is 0. The average Bonchev–Trinajstić information content (AvgIpc) is 2.03. The minimum Gasteiger partial charge on any atom is -0.384 e. The Bertz CT molecular complexity index is 302. The van der Waals surface area contributed by atoms with Crippen LogP contribution in [0.15, 0.2) is 12.1 Å². The zero-order valence-corrected chi connectivity index (χ0v) is 8.33. The maximum atomic E-state index is 9.70. The lowest BCUT2D eigenvalue weighted by Gasteiger charge is -2.17. The monoisotopic (exact) mass is 180 g/mol. The highest BCUT2D eigenvalue weighted by Gasteiger charge is 2.18. The Hall–Kier alpha value is -0.930. The Morgan fingerprint density at radius 3 is 2.54 bits per heavy atom. The first-order chi connectivity index (χ1) is 5.95. The van der Waals surface area contributed by atoms with Crippen molar-refractivity contribution in [3.63, 3.8) is 0 Å². The van der Waals surface area contributed by atoms with Gasteiger partial charge in [0.1, 0.15) is 5.60 Å². The lowest BCUT2D eigenvalue weighted by Crippen LogP contribution is -2.19. The van der Waals surface area contributed by atoms with E-state index in [-0.39, 0.29) is 0 Å². The molecule has 0 amide bonds. The van der Waals surface area contributed by atoms with Gasteiger partial charge in [-0.05, 0) is 32.4 Å². The molecule has 1 aromatic rings. The number of hydrogen-bond acceptors (Lipinski definition) is 3. The summed E-state index contributed by atoms with van der Waals surface area (Å²) in [5.41, 5.74) is 7.20. The molecule has 0 radical (unpaired) electrons. The fraction of sp³-hybridized carbons (Fsp3) is 0.500. The first kappa shape index (κ1) is 10.2. The van der Waals surface area contributed by atoms with E-state index in [0.29, 0.717) is 12.2 Å². The van der Waals surface area contributed by atoms with E-state index in [4.69, 9.17) is 5.73 Å². The summed E-state index contributed by atoms with van der Waals surface area (Å²) in [5, 5.41) is 9.70. The molecule has 0 aromatic carbocycles. The largest absolute Gasteiger partial charge is 0.384 e. The summed E-state index contributed by atoms with van der Waals surface area (Å²) in [6, 6.07) is 3.76. The van der Waals surface area contributed by atoms with Gasteiger partial charge in [0.15, 0.2) is 0 Å². The van der Waals surface area contributed by atoms with Crippen LogP contribution in [0.5, 0.6) is 0 Å². The molecule has 0 atom stereocenters. The van der Waals surface area contributed by atoms with Crippen LogP contribution >= 0.6 is 0 Å². The lowest BCUT2D eigenvalue weighted by atomic mass is 10.0. The fourth-order valence-electron chi connectivity index (χ4n) is 1.12. The number of aromatic nitrogens is 1. The van der Waals surface area contributed by atoms with Crippen LogP contribution in [0.25, 0.3) is 0 Å². The normalized spacial score (nSPS) is 11.8. The molecule has 0 fully saturated rings. The molecule has 1 rings (SSSR count). The van der Waals surface area contributed by atoms with Crippen molar-refractivity contribution < 1.29 is 5.11 Å². The molecule has 3 nitrogen and oxygen atoms in total. The Kier molecular flexibility index (Phi) is 2.68. The van der Waals surface area contributed by atoms with Gasteiger partial charge in [-0.25, -0.2) is 0 Å². The summed E-state index contributed by atoms with van der Waals surface area (Å²) < 4.78 is 0. The molecule has 0 saturated heterocycles. The first-order valence-electron chi connectivity index (χ1n) is 4.34. The zero-order chi connectivity index (χ0) is 10.1. The summed E-state index contributed by atoms with van der Waals surface area (Å²) in [6.07, 6.45) is 0. The molecular weight excluding hydrogens is 164 g/mol. The molecule has 1 heterocycles. The van der Waals surface area contributed by atoms with Gasteiger partial charge in [0.05, 0.1) is 11.4 Å². The molecule has 0 bridgehead atoms. The van der Waals surface area contributed by atoms with Crippen molar-refractivity contribution in [2.45, 2.75) is 32.9 Å². The van der Waals surface area contributed by atoms with Crippen molar-refractivity contribution in [3.8, 4) is 0 Å². The van der Waals surface area contributed by atoms with E-state index in [9.17, 15) is 5.11 Å². The quantitative estimate of drug-likeness (QED) is 0.716. The van der Waals surface area contributed by atoms with Crippen molar-refractivity contribution in [3.05, 3.63) is 29.1 Å². The molecule has 0 aliphatic rings. The summed E-state index contributed by atoms with van der Waals surface area (Å²) >= 11 is 0. The first-order valence-corrected chi connectivity index (χ1v) is 4.34. The molecule has 72 valence electrons. The molecule has 13 heavy (non-hydrogen) atoms. The van der Waals surface area contributed by atoms with Crippen LogP contribution in [0.4, 0.5) is 0 Å². The SMILES string of the molecule is Cc1ccc(C(C)(C)O)nc1CN. The van der Waals surface area contributed by atoms with E-state index >= 15 is 0 Å². The number of hydrogen-bond donors (Lipinski definition) is 2. The van der Waals surface area contributed by atoms with Crippen LogP contribution in [-0.4, -0.2) is 10.1 Å². The molecule has 0 unspecified atom stereocenters. The number of aryl methyl sites for hydroxylation is 1. The van der Waals surface area contributed by atoms with Crippen LogP contribution in [0.3, 0.4) is 0 Å². The highest BCUT2D eigenvalue weighted by Crippen LogP contribution is 2.18. The highest BCUT2D eigenvalue weighted by atomic mass is 16.3. The zero-order valence-electron chi connectivity index (χ0n) is 8.33. The van der Waals surface area contributed by atoms with Gasteiger partial charge in [0.2, 0.25) is 0 Å². The van der Waals surface area contributed by atoms with E-state index in [1.807, 2.05) is 19.1 Å². The van der Waals surface area contributed by atoms with Gasteiger partial charge < -0.3 is 10.8 Å². The van der Waals surface area contributed by atoms with Gasteiger partial charge in [-0.3, -0.25) is 4.98 Å². The van der Waals surface area contributed by atoms with Crippen LogP contribution in [-0.2, 0) is 12.1 Å². The second-order valence-corrected chi connectivity index (χ2v) is 3.72. The maximum Gasteiger partial charge on any atom is 0.101 e. The van der Waals surface area contributed by atoms with Crippen molar-refractivity contribution in [2.75, 3.05) is 0 Å². The molecule has 1 aromatic heterocycles. The average molecular weight is 180 g/mol. The maximum absolute atomic E-state index is 9.70. The van der Waals surface area contributed by atoms with Crippen molar-refractivity contribution in [2.24, 2.45) is 5.73 Å². The van der Waals surface area contributed by atoms with Gasteiger partial charge in [-0.2, -0.15) is 0 Å². The topological polar surface area (TPSA) is 59.1 Å². The summed E-state index contributed by atoms with van der Waals surface area (Å²) in [5.74, 6) is 0. The lowest BCUT2D eigenvalue weighted by molar-refractivity contribution is 0.0736. The van der Waals surface area contributed by atoms with Gasteiger partial charge >= 0.3 is 0 Å². The van der Waals surface area contributed by atoms with Gasteiger partial charge in [-0.1, -0.05) is 6.07 Å². The Morgan fingerprint density at radius 2 is 2.08 bits per heavy atom. The van der Waals surface area contributed by atoms with E-state index < -0.39 is 5.60 Å². The number of aliphatic hydroxyl groups is 1. The van der Waals surface area contributed by atoms with Gasteiger partial charge in [0, 0.05) is 6.54 Å². The third-order valence-corrected chi connectivity index (χ3v) is 2.02. The molecule has 3 heteroatoms. The molecule has 0 aliphatic carbocycles. The van der Waals surface area contributed by atoms with E-state index in [1.54, 1.807) is 13.8 Å². The molecule has 0 spiro atoms. The highest BCUT2D eigenvalue weighted by molar-refractivity contribution is 5.23. The standard InChI is InChI=1S/C10H16N2O/c1-7-4-5-9(10(2,3)13)12-8(7)6-11/h4-5,13H,6,11H2,1-3H3. The van der Waals surface area contributed by atoms with E-state index in [2.05, 4.69) is 4.98 Å². The molecule has 0 saturated carbocycles. The molecular formula is C10H16N2O. The molecule has 3 N–H and O–H groups in total. The van der Waals surface area contributed by atoms with E-state index in [1.165, 1.54) is 0 Å². The van der Waals surface area contributed by atoms with Crippen LogP contribution in [0.2, 0.25) is 0 Å². The third-order valence-electron chi connectivity index (χ3n) is 2.02. The molecule has 0 aliphatic heterocycles. The van der Waals surface area contributed by atoms with Crippen LogP contribution < -0.4 is 5.73 Å². The second-order valence-electron chi connectivity index (χ2n) is 3.72. The van der Waals surface area contributed by atoms with Crippen molar-refractivity contribution >= 4 is 0 Å². The van der Waals surface area contributed by atoms with Crippen LogP contribution in [0, 0.1) is 6.92 Å². The second kappa shape index (κ2) is 3.44. The van der Waals surface area contributed by atoms with Crippen molar-refractivity contribution in [1.29, 1.82) is 0 Å². The number of nitrogens with two attached hydrogens (primary N) is 1. The summed E-state index contributed by atoms with van der Waals surface area (Å²) in [6.45, 7) is 5.80. The number of rotatable bonds is 2. The minimum atomic E-state index is -0.891. The number of nitrogens with zero attached hydrogens (tertiary/aromatic N) is 1. The predicted octanol–water partition coefficient (Wildman–Crippen LogP) is 1.08. The Balaban J connectivity index is 3.14. The Morgan fingerprint density at radius 1 is 1.46 bits per heavy atom. The van der Waals surface area contributed by atoms with Crippen LogP contribution in [0.1, 0.15) is 30.8 Å². The van der Waals surface area contributed by atoms with E-state index in [0.717, 1.165) is 11.3 Å². The van der Waals surface area contributed by atoms with Crippen molar-refractivity contribution in [1.82, 2.24) is 4.98 Å². The van der Waals surface area contributed by atoms with Gasteiger partial charge in [0.25, 0.3) is 0 Å². The fourth-order valence-corrected chi connectivity index (χ4v) is 1.12. The summed E-state index contributed by atoms with van der Waals surface area (Å²) in [4.78, 5) is 4.29.